The highest BCUT2D eigenvalue weighted by atomic mass is 15.1. The summed E-state index contributed by atoms with van der Waals surface area (Å²) in [5, 5.41) is 6.63. The predicted octanol–water partition coefficient (Wildman–Crippen LogP) is 0.757. The van der Waals surface area contributed by atoms with Crippen molar-refractivity contribution in [2.75, 3.05) is 5.73 Å². The molecule has 0 aromatic carbocycles. The standard InChI is InChI=1S/C8H9N5/c1-5-10-4-6(9)8(12-5)7-2-3-11-13-7/h2-4H,9H2,1H3,(H,11,13). The monoisotopic (exact) mass is 175 g/mol. The van der Waals surface area contributed by atoms with Crippen LogP contribution < -0.4 is 5.73 Å². The van der Waals surface area contributed by atoms with Crippen molar-refractivity contribution < 1.29 is 0 Å². The van der Waals surface area contributed by atoms with Crippen LogP contribution in [-0.4, -0.2) is 20.2 Å². The number of rotatable bonds is 1. The highest BCUT2D eigenvalue weighted by molar-refractivity contribution is 5.68. The summed E-state index contributed by atoms with van der Waals surface area (Å²) in [6.07, 6.45) is 3.25. The molecule has 0 aliphatic rings. The number of hydrogen-bond donors (Lipinski definition) is 2. The van der Waals surface area contributed by atoms with Crippen molar-refractivity contribution in [3.63, 3.8) is 0 Å². The Bertz CT molecular complexity index is 406. The Kier molecular flexibility index (Phi) is 1.70. The minimum absolute atomic E-state index is 0.551. The number of aromatic amines is 1. The lowest BCUT2D eigenvalue weighted by Crippen LogP contribution is -1.97. The van der Waals surface area contributed by atoms with Crippen LogP contribution in [0.15, 0.2) is 18.5 Å². The largest absolute Gasteiger partial charge is 0.396 e. The number of H-pyrrole nitrogens is 1. The van der Waals surface area contributed by atoms with E-state index in [0.717, 1.165) is 5.69 Å². The number of aromatic nitrogens is 4. The van der Waals surface area contributed by atoms with E-state index >= 15 is 0 Å². The number of hydrogen-bond acceptors (Lipinski definition) is 4. The normalized spacial score (nSPS) is 10.2. The van der Waals surface area contributed by atoms with Gasteiger partial charge in [0, 0.05) is 6.20 Å². The maximum atomic E-state index is 5.71. The van der Waals surface area contributed by atoms with E-state index < -0.39 is 0 Å². The highest BCUT2D eigenvalue weighted by Crippen LogP contribution is 2.19. The molecule has 3 N–H and O–H groups in total. The Hall–Kier alpha value is -1.91. The smallest absolute Gasteiger partial charge is 0.126 e. The number of nitrogens with two attached hydrogens (primary N) is 1. The molecule has 2 heterocycles. The van der Waals surface area contributed by atoms with Gasteiger partial charge in [-0.3, -0.25) is 5.10 Å². The highest BCUT2D eigenvalue weighted by Gasteiger charge is 2.05. The van der Waals surface area contributed by atoms with E-state index in [4.69, 9.17) is 5.73 Å². The lowest BCUT2D eigenvalue weighted by atomic mass is 10.2. The van der Waals surface area contributed by atoms with Crippen molar-refractivity contribution >= 4 is 5.69 Å². The van der Waals surface area contributed by atoms with Crippen LogP contribution >= 0.6 is 0 Å². The molecule has 0 unspecified atom stereocenters. The van der Waals surface area contributed by atoms with Gasteiger partial charge in [-0.1, -0.05) is 0 Å². The van der Waals surface area contributed by atoms with Gasteiger partial charge >= 0.3 is 0 Å². The molecule has 0 amide bonds. The summed E-state index contributed by atoms with van der Waals surface area (Å²) >= 11 is 0. The Morgan fingerprint density at radius 1 is 1.46 bits per heavy atom. The summed E-state index contributed by atoms with van der Waals surface area (Å²) in [5.41, 5.74) is 7.77. The second kappa shape index (κ2) is 2.85. The summed E-state index contributed by atoms with van der Waals surface area (Å²) in [6, 6.07) is 1.82. The van der Waals surface area contributed by atoms with Crippen LogP contribution in [0.3, 0.4) is 0 Å². The van der Waals surface area contributed by atoms with E-state index in [0.29, 0.717) is 17.2 Å². The van der Waals surface area contributed by atoms with Crippen molar-refractivity contribution in [1.29, 1.82) is 0 Å². The van der Waals surface area contributed by atoms with Crippen molar-refractivity contribution in [2.24, 2.45) is 0 Å². The summed E-state index contributed by atoms with van der Waals surface area (Å²) in [7, 11) is 0. The SMILES string of the molecule is Cc1ncc(N)c(-c2ccn[nH]2)n1. The van der Waals surface area contributed by atoms with Gasteiger partial charge in [-0.05, 0) is 13.0 Å². The molecule has 0 bridgehead atoms. The molecule has 0 saturated carbocycles. The second-order valence-electron chi connectivity index (χ2n) is 2.69. The molecule has 0 saturated heterocycles. The Morgan fingerprint density at radius 2 is 2.31 bits per heavy atom. The fraction of sp³-hybridized carbons (Fsp3) is 0.125. The zero-order chi connectivity index (χ0) is 9.26. The summed E-state index contributed by atoms with van der Waals surface area (Å²) in [4.78, 5) is 8.19. The summed E-state index contributed by atoms with van der Waals surface area (Å²) in [6.45, 7) is 1.82. The maximum absolute atomic E-state index is 5.71. The first-order valence-electron chi connectivity index (χ1n) is 3.86. The summed E-state index contributed by atoms with van der Waals surface area (Å²) in [5.74, 6) is 0.693. The quantitative estimate of drug-likeness (QED) is 0.670. The minimum Gasteiger partial charge on any atom is -0.396 e. The Morgan fingerprint density at radius 3 is 3.00 bits per heavy atom. The van der Waals surface area contributed by atoms with Gasteiger partial charge < -0.3 is 5.73 Å². The molecule has 2 aromatic rings. The zero-order valence-corrected chi connectivity index (χ0v) is 7.15. The lowest BCUT2D eigenvalue weighted by Gasteiger charge is -2.01. The fourth-order valence-corrected chi connectivity index (χ4v) is 1.08. The minimum atomic E-state index is 0.551. The van der Waals surface area contributed by atoms with Crippen molar-refractivity contribution in [2.45, 2.75) is 6.92 Å². The molecule has 5 heteroatoms. The van der Waals surface area contributed by atoms with E-state index in [2.05, 4.69) is 20.2 Å². The number of anilines is 1. The van der Waals surface area contributed by atoms with Gasteiger partial charge in [0.05, 0.1) is 17.6 Å². The molecule has 0 radical (unpaired) electrons. The molecule has 5 nitrogen and oxygen atoms in total. The summed E-state index contributed by atoms with van der Waals surface area (Å²) < 4.78 is 0. The van der Waals surface area contributed by atoms with Crippen LogP contribution in [0.25, 0.3) is 11.4 Å². The van der Waals surface area contributed by atoms with Gasteiger partial charge in [-0.25, -0.2) is 9.97 Å². The third-order valence-electron chi connectivity index (χ3n) is 1.69. The Labute approximate surface area is 75.0 Å². The number of nitrogens with one attached hydrogen (secondary N) is 1. The van der Waals surface area contributed by atoms with Crippen LogP contribution in [0.2, 0.25) is 0 Å². The number of nitrogen functional groups attached to an aromatic ring is 1. The van der Waals surface area contributed by atoms with E-state index in [1.807, 2.05) is 13.0 Å². The molecular weight excluding hydrogens is 166 g/mol. The van der Waals surface area contributed by atoms with Crippen LogP contribution in [0, 0.1) is 6.92 Å². The molecule has 66 valence electrons. The average molecular weight is 175 g/mol. The topological polar surface area (TPSA) is 80.5 Å². The van der Waals surface area contributed by atoms with Gasteiger partial charge in [0.25, 0.3) is 0 Å². The van der Waals surface area contributed by atoms with Gasteiger partial charge in [-0.2, -0.15) is 5.10 Å². The average Bonchev–Trinajstić information content (AvgIpc) is 2.61. The molecule has 0 atom stereocenters. The van der Waals surface area contributed by atoms with E-state index in [1.54, 1.807) is 12.4 Å². The third kappa shape index (κ3) is 1.35. The van der Waals surface area contributed by atoms with Gasteiger partial charge in [0.1, 0.15) is 11.5 Å². The Balaban J connectivity index is 2.57. The van der Waals surface area contributed by atoms with Crippen LogP contribution in [0.4, 0.5) is 5.69 Å². The third-order valence-corrected chi connectivity index (χ3v) is 1.69. The zero-order valence-electron chi connectivity index (χ0n) is 7.15. The first-order valence-corrected chi connectivity index (χ1v) is 3.86. The van der Waals surface area contributed by atoms with Crippen molar-refractivity contribution in [3.8, 4) is 11.4 Å². The number of nitrogens with zero attached hydrogens (tertiary/aromatic N) is 3. The molecule has 0 aliphatic heterocycles. The number of aryl methyl sites for hydroxylation is 1. The lowest BCUT2D eigenvalue weighted by molar-refractivity contribution is 1.04. The first kappa shape index (κ1) is 7.72. The van der Waals surface area contributed by atoms with Crippen LogP contribution in [0.1, 0.15) is 5.82 Å². The van der Waals surface area contributed by atoms with E-state index in [-0.39, 0.29) is 0 Å². The molecule has 0 spiro atoms. The fourth-order valence-electron chi connectivity index (χ4n) is 1.08. The first-order chi connectivity index (χ1) is 6.27. The maximum Gasteiger partial charge on any atom is 0.126 e. The molecule has 0 fully saturated rings. The van der Waals surface area contributed by atoms with Gasteiger partial charge in [0.2, 0.25) is 0 Å². The molecule has 2 rings (SSSR count). The van der Waals surface area contributed by atoms with E-state index in [9.17, 15) is 0 Å². The second-order valence-corrected chi connectivity index (χ2v) is 2.69. The molecular formula is C8H9N5. The van der Waals surface area contributed by atoms with Crippen LogP contribution in [0.5, 0.6) is 0 Å². The van der Waals surface area contributed by atoms with Crippen molar-refractivity contribution in [1.82, 2.24) is 20.2 Å². The van der Waals surface area contributed by atoms with E-state index in [1.165, 1.54) is 0 Å². The van der Waals surface area contributed by atoms with Gasteiger partial charge in [-0.15, -0.1) is 0 Å². The molecule has 2 aromatic heterocycles. The predicted molar refractivity (Wildman–Crippen MR) is 48.8 cm³/mol. The molecule has 0 aliphatic carbocycles. The molecule has 13 heavy (non-hydrogen) atoms. The van der Waals surface area contributed by atoms with Crippen LogP contribution in [-0.2, 0) is 0 Å². The van der Waals surface area contributed by atoms with Crippen molar-refractivity contribution in [3.05, 3.63) is 24.3 Å². The van der Waals surface area contributed by atoms with Gasteiger partial charge in [0.15, 0.2) is 0 Å².